The Hall–Kier alpha value is -2.88. The zero-order chi connectivity index (χ0) is 19.6. The molecule has 0 N–H and O–H groups in total. The summed E-state index contributed by atoms with van der Waals surface area (Å²) >= 11 is 0. The summed E-state index contributed by atoms with van der Waals surface area (Å²) in [5, 5.41) is 3.34. The summed E-state index contributed by atoms with van der Waals surface area (Å²) < 4.78 is 58.5. The molecule has 2 aromatic heterocycles. The first-order valence-electron chi connectivity index (χ1n) is 8.65. The maximum atomic E-state index is 12.5. The number of hydrogen-bond donors (Lipinski definition) is 0. The van der Waals surface area contributed by atoms with Crippen molar-refractivity contribution in [1.29, 1.82) is 0 Å². The number of nitrogens with zero attached hydrogens (tertiary/aromatic N) is 3. The van der Waals surface area contributed by atoms with Crippen LogP contribution in [0.2, 0.25) is 0 Å². The fourth-order valence-electron chi connectivity index (χ4n) is 2.86. The van der Waals surface area contributed by atoms with Gasteiger partial charge in [0.05, 0.1) is 6.20 Å². The van der Waals surface area contributed by atoms with E-state index in [1.54, 1.807) is 30.5 Å². The first kappa shape index (κ1) is 18.5. The molecule has 0 atom stereocenters. The Bertz CT molecular complexity index is 915. The molecule has 0 unspecified atom stereocenters. The number of rotatable bonds is 5. The normalized spacial score (nSPS) is 15.7. The highest BCUT2D eigenvalue weighted by Crippen LogP contribution is 2.30. The van der Waals surface area contributed by atoms with Gasteiger partial charge in [0.2, 0.25) is 11.7 Å². The molecule has 1 aromatic carbocycles. The number of hydrogen-bond acceptors (Lipinski definition) is 7. The fraction of sp³-hybridized carbons (Fsp3) is 0.389. The third kappa shape index (κ3) is 4.16. The van der Waals surface area contributed by atoms with Gasteiger partial charge in [-0.1, -0.05) is 5.16 Å². The van der Waals surface area contributed by atoms with Gasteiger partial charge in [-0.05, 0) is 37.1 Å². The molecule has 0 saturated carbocycles. The van der Waals surface area contributed by atoms with E-state index in [1.165, 1.54) is 0 Å². The first-order valence-corrected chi connectivity index (χ1v) is 8.65. The van der Waals surface area contributed by atoms with E-state index >= 15 is 0 Å². The number of halogens is 3. The zero-order valence-corrected chi connectivity index (χ0v) is 14.6. The minimum absolute atomic E-state index is 0.142. The molecule has 0 aliphatic carbocycles. The summed E-state index contributed by atoms with van der Waals surface area (Å²) in [5.41, 5.74) is 0.379. The summed E-state index contributed by atoms with van der Waals surface area (Å²) in [6, 6.07) is 6.29. The van der Waals surface area contributed by atoms with Crippen molar-refractivity contribution in [2.45, 2.75) is 31.5 Å². The maximum absolute atomic E-state index is 12.5. The SMILES string of the molecule is FC(F)(F)c1nc(-c2ccc(OCc3ncc(C4CCOCC4)o3)cc2)no1. The molecule has 0 bridgehead atoms. The molecule has 1 aliphatic rings. The molecule has 7 nitrogen and oxygen atoms in total. The van der Waals surface area contributed by atoms with Gasteiger partial charge in [-0.25, -0.2) is 4.98 Å². The Labute approximate surface area is 157 Å². The van der Waals surface area contributed by atoms with Crippen molar-refractivity contribution in [1.82, 2.24) is 15.1 Å². The lowest BCUT2D eigenvalue weighted by Gasteiger charge is -2.19. The van der Waals surface area contributed by atoms with Crippen molar-refractivity contribution in [3.63, 3.8) is 0 Å². The van der Waals surface area contributed by atoms with E-state index in [9.17, 15) is 13.2 Å². The summed E-state index contributed by atoms with van der Waals surface area (Å²) in [6.07, 6.45) is -1.15. The number of ether oxygens (including phenoxy) is 2. The highest BCUT2D eigenvalue weighted by molar-refractivity contribution is 5.55. The van der Waals surface area contributed by atoms with E-state index in [0.29, 0.717) is 36.3 Å². The number of aromatic nitrogens is 3. The van der Waals surface area contributed by atoms with Gasteiger partial charge in [0, 0.05) is 24.7 Å². The lowest BCUT2D eigenvalue weighted by molar-refractivity contribution is -0.159. The van der Waals surface area contributed by atoms with Crippen molar-refractivity contribution in [2.24, 2.45) is 0 Å². The van der Waals surface area contributed by atoms with Gasteiger partial charge in [0.25, 0.3) is 0 Å². The zero-order valence-electron chi connectivity index (χ0n) is 14.6. The van der Waals surface area contributed by atoms with Crippen molar-refractivity contribution >= 4 is 0 Å². The molecule has 0 spiro atoms. The average molecular weight is 395 g/mol. The van der Waals surface area contributed by atoms with Crippen LogP contribution in [0.15, 0.2) is 39.4 Å². The van der Waals surface area contributed by atoms with E-state index < -0.39 is 12.1 Å². The lowest BCUT2D eigenvalue weighted by atomic mass is 9.98. The lowest BCUT2D eigenvalue weighted by Crippen LogP contribution is -2.13. The molecule has 28 heavy (non-hydrogen) atoms. The second-order valence-electron chi connectivity index (χ2n) is 6.28. The van der Waals surface area contributed by atoms with E-state index in [0.717, 1.165) is 18.6 Å². The third-order valence-electron chi connectivity index (χ3n) is 4.34. The van der Waals surface area contributed by atoms with Crippen molar-refractivity contribution in [3.8, 4) is 17.1 Å². The quantitative estimate of drug-likeness (QED) is 0.640. The summed E-state index contributed by atoms with van der Waals surface area (Å²) in [4.78, 5) is 7.57. The van der Waals surface area contributed by atoms with Crippen LogP contribution in [-0.4, -0.2) is 28.3 Å². The van der Waals surface area contributed by atoms with Crippen LogP contribution in [0.4, 0.5) is 13.2 Å². The second kappa shape index (κ2) is 7.63. The molecule has 0 amide bonds. The van der Waals surface area contributed by atoms with Crippen molar-refractivity contribution in [3.05, 3.63) is 48.0 Å². The maximum Gasteiger partial charge on any atom is 0.471 e. The third-order valence-corrected chi connectivity index (χ3v) is 4.34. The largest absolute Gasteiger partial charge is 0.484 e. The predicted molar refractivity (Wildman–Crippen MR) is 88.4 cm³/mol. The first-order chi connectivity index (χ1) is 13.5. The fourth-order valence-corrected chi connectivity index (χ4v) is 2.86. The smallest absolute Gasteiger partial charge is 0.471 e. The van der Waals surface area contributed by atoms with Crippen LogP contribution in [-0.2, 0) is 17.5 Å². The van der Waals surface area contributed by atoms with Gasteiger partial charge in [-0.2, -0.15) is 18.2 Å². The molecular formula is C18H16F3N3O4. The Balaban J connectivity index is 1.36. The highest BCUT2D eigenvalue weighted by Gasteiger charge is 2.38. The molecule has 1 fully saturated rings. The Morgan fingerprint density at radius 1 is 1.11 bits per heavy atom. The van der Waals surface area contributed by atoms with Crippen LogP contribution in [0, 0.1) is 0 Å². The van der Waals surface area contributed by atoms with Gasteiger partial charge < -0.3 is 18.4 Å². The molecule has 3 heterocycles. The van der Waals surface area contributed by atoms with Gasteiger partial charge in [0.15, 0.2) is 6.61 Å². The Kier molecular flexibility index (Phi) is 5.03. The molecule has 10 heteroatoms. The molecule has 148 valence electrons. The number of alkyl halides is 3. The second-order valence-corrected chi connectivity index (χ2v) is 6.28. The van der Waals surface area contributed by atoms with E-state index in [4.69, 9.17) is 13.9 Å². The minimum atomic E-state index is -4.67. The summed E-state index contributed by atoms with van der Waals surface area (Å²) in [5.74, 6) is 0.577. The van der Waals surface area contributed by atoms with Crippen LogP contribution in [0.3, 0.4) is 0 Å². The van der Waals surface area contributed by atoms with Crippen LogP contribution in [0.5, 0.6) is 5.75 Å². The van der Waals surface area contributed by atoms with Gasteiger partial charge in [-0.3, -0.25) is 0 Å². The minimum Gasteiger partial charge on any atom is -0.484 e. The molecule has 0 radical (unpaired) electrons. The molecular weight excluding hydrogens is 379 g/mol. The average Bonchev–Trinajstić information content (AvgIpc) is 3.37. The summed E-state index contributed by atoms with van der Waals surface area (Å²) in [6.45, 7) is 1.58. The van der Waals surface area contributed by atoms with Crippen molar-refractivity contribution < 1.29 is 31.6 Å². The van der Waals surface area contributed by atoms with E-state index in [1.807, 2.05) is 0 Å². The topological polar surface area (TPSA) is 83.4 Å². The van der Waals surface area contributed by atoms with Crippen LogP contribution in [0.1, 0.15) is 36.3 Å². The Morgan fingerprint density at radius 2 is 1.86 bits per heavy atom. The van der Waals surface area contributed by atoms with Crippen LogP contribution in [0.25, 0.3) is 11.4 Å². The van der Waals surface area contributed by atoms with Gasteiger partial charge >= 0.3 is 12.1 Å². The number of benzene rings is 1. The van der Waals surface area contributed by atoms with Crippen molar-refractivity contribution in [2.75, 3.05) is 13.2 Å². The molecule has 1 saturated heterocycles. The highest BCUT2D eigenvalue weighted by atomic mass is 19.4. The number of oxazole rings is 1. The van der Waals surface area contributed by atoms with Gasteiger partial charge in [-0.15, -0.1) is 0 Å². The molecule has 3 aromatic rings. The van der Waals surface area contributed by atoms with Gasteiger partial charge in [0.1, 0.15) is 11.5 Å². The van der Waals surface area contributed by atoms with Crippen LogP contribution >= 0.6 is 0 Å². The van der Waals surface area contributed by atoms with Crippen LogP contribution < -0.4 is 4.74 Å². The van der Waals surface area contributed by atoms with E-state index in [-0.39, 0.29) is 12.4 Å². The standard InChI is InChI=1S/C18H16F3N3O4/c19-18(20,21)17-23-16(24-28-17)12-1-3-13(4-2-12)26-10-15-22-9-14(27-15)11-5-7-25-8-6-11/h1-4,9,11H,5-8,10H2. The monoisotopic (exact) mass is 395 g/mol. The van der Waals surface area contributed by atoms with E-state index in [2.05, 4.69) is 19.6 Å². The summed E-state index contributed by atoms with van der Waals surface area (Å²) in [7, 11) is 0. The molecule has 1 aliphatic heterocycles. The predicted octanol–water partition coefficient (Wildman–Crippen LogP) is 4.22. The molecule has 4 rings (SSSR count). The Morgan fingerprint density at radius 3 is 2.54 bits per heavy atom.